The molecule has 0 radical (unpaired) electrons. The Morgan fingerprint density at radius 2 is 1.83 bits per heavy atom. The maximum atomic E-state index is 6.48. The van der Waals surface area contributed by atoms with Gasteiger partial charge in [-0.05, 0) is 36.6 Å². The van der Waals surface area contributed by atoms with Crippen molar-refractivity contribution >= 4 is 16.6 Å². The van der Waals surface area contributed by atoms with Gasteiger partial charge in [-0.1, -0.05) is 19.9 Å². The third-order valence-electron chi connectivity index (χ3n) is 4.92. The average Bonchev–Trinajstić information content (AvgIpc) is 3.08. The number of hydrogen-bond donors (Lipinski definition) is 2. The van der Waals surface area contributed by atoms with Crippen molar-refractivity contribution in [3.8, 4) is 11.3 Å². The van der Waals surface area contributed by atoms with Crippen LogP contribution < -0.4 is 10.6 Å². The minimum Gasteiger partial charge on any atom is -0.377 e. The standard InChI is InChI=1S/C19H25N5/c1-5-19(20,6-2)13-7-9-16(21-11-13)14-8-10-17-15(12-22-23-17)18(14)24(3)4/h7-12H,5-6,20H2,1-4H3,(H,22,23). The first-order valence-corrected chi connectivity index (χ1v) is 8.39. The zero-order chi connectivity index (χ0) is 17.3. The number of aromatic nitrogens is 3. The molecular formula is C19H25N5. The molecule has 0 fully saturated rings. The van der Waals surface area contributed by atoms with Gasteiger partial charge in [-0.3, -0.25) is 10.1 Å². The summed E-state index contributed by atoms with van der Waals surface area (Å²) in [5, 5.41) is 8.28. The average molecular weight is 323 g/mol. The van der Waals surface area contributed by atoms with Crippen LogP contribution in [0.4, 0.5) is 5.69 Å². The van der Waals surface area contributed by atoms with E-state index in [-0.39, 0.29) is 5.54 Å². The SMILES string of the molecule is CCC(N)(CC)c1ccc(-c2ccc3[nH]ncc3c2N(C)C)nc1. The molecule has 126 valence electrons. The molecule has 0 aliphatic carbocycles. The molecular weight excluding hydrogens is 298 g/mol. The topological polar surface area (TPSA) is 70.8 Å². The van der Waals surface area contributed by atoms with Gasteiger partial charge in [0, 0.05) is 36.8 Å². The maximum absolute atomic E-state index is 6.48. The monoisotopic (exact) mass is 323 g/mol. The summed E-state index contributed by atoms with van der Waals surface area (Å²) >= 11 is 0. The van der Waals surface area contributed by atoms with Crippen LogP contribution in [0.3, 0.4) is 0 Å². The van der Waals surface area contributed by atoms with Crippen LogP contribution in [-0.2, 0) is 5.54 Å². The lowest BCUT2D eigenvalue weighted by molar-refractivity contribution is 0.411. The summed E-state index contributed by atoms with van der Waals surface area (Å²) in [4.78, 5) is 6.81. The summed E-state index contributed by atoms with van der Waals surface area (Å²) in [6, 6.07) is 8.31. The van der Waals surface area contributed by atoms with Gasteiger partial charge in [-0.15, -0.1) is 0 Å². The molecule has 5 nitrogen and oxygen atoms in total. The van der Waals surface area contributed by atoms with Crippen molar-refractivity contribution in [2.45, 2.75) is 32.2 Å². The quantitative estimate of drug-likeness (QED) is 0.751. The van der Waals surface area contributed by atoms with Crippen LogP contribution in [-0.4, -0.2) is 29.3 Å². The van der Waals surface area contributed by atoms with Gasteiger partial charge >= 0.3 is 0 Å². The molecule has 0 saturated carbocycles. The molecule has 0 saturated heterocycles. The van der Waals surface area contributed by atoms with Crippen molar-refractivity contribution in [2.75, 3.05) is 19.0 Å². The number of nitrogens with zero attached hydrogens (tertiary/aromatic N) is 3. The number of H-pyrrole nitrogens is 1. The van der Waals surface area contributed by atoms with Crippen molar-refractivity contribution in [1.29, 1.82) is 0 Å². The number of nitrogens with one attached hydrogen (secondary N) is 1. The first kappa shape index (κ1) is 16.5. The Morgan fingerprint density at radius 3 is 2.42 bits per heavy atom. The van der Waals surface area contributed by atoms with E-state index < -0.39 is 0 Å². The lowest BCUT2D eigenvalue weighted by atomic mass is 9.87. The highest BCUT2D eigenvalue weighted by molar-refractivity contribution is 5.99. The Kier molecular flexibility index (Phi) is 4.28. The molecule has 0 aliphatic rings. The number of aromatic amines is 1. The van der Waals surface area contributed by atoms with E-state index >= 15 is 0 Å². The van der Waals surface area contributed by atoms with Gasteiger partial charge in [0.1, 0.15) is 0 Å². The Bertz CT molecular complexity index is 829. The summed E-state index contributed by atoms with van der Waals surface area (Å²) in [6.45, 7) is 4.24. The third-order valence-corrected chi connectivity index (χ3v) is 4.92. The molecule has 2 aromatic heterocycles. The van der Waals surface area contributed by atoms with Gasteiger partial charge in [-0.25, -0.2) is 0 Å². The van der Waals surface area contributed by atoms with Crippen LogP contribution in [0.15, 0.2) is 36.7 Å². The van der Waals surface area contributed by atoms with Crippen molar-refractivity contribution in [2.24, 2.45) is 5.73 Å². The largest absolute Gasteiger partial charge is 0.377 e. The number of anilines is 1. The molecule has 5 heteroatoms. The fourth-order valence-electron chi connectivity index (χ4n) is 3.20. The predicted molar refractivity (Wildman–Crippen MR) is 100 cm³/mol. The lowest BCUT2D eigenvalue weighted by Gasteiger charge is -2.27. The Balaban J connectivity index is 2.10. The number of pyridine rings is 1. The van der Waals surface area contributed by atoms with Crippen LogP contribution in [0.5, 0.6) is 0 Å². The molecule has 1 aromatic carbocycles. The molecule has 3 N–H and O–H groups in total. The van der Waals surface area contributed by atoms with E-state index in [4.69, 9.17) is 10.7 Å². The smallest absolute Gasteiger partial charge is 0.0723 e. The molecule has 0 aliphatic heterocycles. The predicted octanol–water partition coefficient (Wildman–Crippen LogP) is 3.66. The zero-order valence-electron chi connectivity index (χ0n) is 14.8. The first-order valence-electron chi connectivity index (χ1n) is 8.39. The molecule has 3 aromatic rings. The second kappa shape index (κ2) is 6.24. The van der Waals surface area contributed by atoms with Crippen molar-refractivity contribution in [3.63, 3.8) is 0 Å². The third kappa shape index (κ3) is 2.65. The second-order valence-corrected chi connectivity index (χ2v) is 6.48. The summed E-state index contributed by atoms with van der Waals surface area (Å²) < 4.78 is 0. The summed E-state index contributed by atoms with van der Waals surface area (Å²) in [6.07, 6.45) is 5.58. The number of hydrogen-bond acceptors (Lipinski definition) is 4. The number of benzene rings is 1. The Hall–Kier alpha value is -2.40. The highest BCUT2D eigenvalue weighted by atomic mass is 15.1. The normalized spacial score (nSPS) is 11.9. The summed E-state index contributed by atoms with van der Waals surface area (Å²) in [5.74, 6) is 0. The van der Waals surface area contributed by atoms with Gasteiger partial charge in [0.2, 0.25) is 0 Å². The lowest BCUT2D eigenvalue weighted by Crippen LogP contribution is -2.35. The van der Waals surface area contributed by atoms with Crippen molar-refractivity contribution in [3.05, 3.63) is 42.2 Å². The van der Waals surface area contributed by atoms with Crippen LogP contribution in [0.25, 0.3) is 22.2 Å². The van der Waals surface area contributed by atoms with Gasteiger partial charge in [0.05, 0.1) is 23.1 Å². The van der Waals surface area contributed by atoms with Crippen LogP contribution in [0.1, 0.15) is 32.3 Å². The fraction of sp³-hybridized carbons (Fsp3) is 0.368. The zero-order valence-corrected chi connectivity index (χ0v) is 14.8. The van der Waals surface area contributed by atoms with Crippen molar-refractivity contribution < 1.29 is 0 Å². The van der Waals surface area contributed by atoms with E-state index in [1.54, 1.807) is 0 Å². The van der Waals surface area contributed by atoms with Crippen LogP contribution >= 0.6 is 0 Å². The minimum absolute atomic E-state index is 0.301. The number of fused-ring (bicyclic) bond motifs is 1. The van der Waals surface area contributed by atoms with Crippen LogP contribution in [0.2, 0.25) is 0 Å². The van der Waals surface area contributed by atoms with Gasteiger partial charge in [0.25, 0.3) is 0 Å². The maximum Gasteiger partial charge on any atom is 0.0723 e. The number of rotatable bonds is 5. The highest BCUT2D eigenvalue weighted by Gasteiger charge is 2.23. The van der Waals surface area contributed by atoms with E-state index in [1.165, 1.54) is 0 Å². The molecule has 0 atom stereocenters. The Labute approximate surface area is 142 Å². The summed E-state index contributed by atoms with van der Waals surface area (Å²) in [5.41, 5.74) is 11.5. The van der Waals surface area contributed by atoms with E-state index in [0.29, 0.717) is 0 Å². The van der Waals surface area contributed by atoms with E-state index in [1.807, 2.05) is 32.6 Å². The molecule has 24 heavy (non-hydrogen) atoms. The van der Waals surface area contributed by atoms with E-state index in [0.717, 1.165) is 46.3 Å². The summed E-state index contributed by atoms with van der Waals surface area (Å²) in [7, 11) is 4.08. The fourth-order valence-corrected chi connectivity index (χ4v) is 3.20. The minimum atomic E-state index is -0.301. The number of nitrogens with two attached hydrogens (primary N) is 1. The molecule has 0 spiro atoms. The molecule has 3 rings (SSSR count). The second-order valence-electron chi connectivity index (χ2n) is 6.48. The van der Waals surface area contributed by atoms with Gasteiger partial charge < -0.3 is 10.6 Å². The van der Waals surface area contributed by atoms with Gasteiger partial charge in [-0.2, -0.15) is 5.10 Å². The Morgan fingerprint density at radius 1 is 1.08 bits per heavy atom. The van der Waals surface area contributed by atoms with E-state index in [9.17, 15) is 0 Å². The highest BCUT2D eigenvalue weighted by Crippen LogP contribution is 2.35. The van der Waals surface area contributed by atoms with Gasteiger partial charge in [0.15, 0.2) is 0 Å². The first-order chi connectivity index (χ1) is 11.5. The molecule has 0 unspecified atom stereocenters. The van der Waals surface area contributed by atoms with Crippen LogP contribution in [0, 0.1) is 0 Å². The van der Waals surface area contributed by atoms with E-state index in [2.05, 4.69) is 47.1 Å². The molecule has 2 heterocycles. The molecule has 0 bridgehead atoms. The molecule has 0 amide bonds. The van der Waals surface area contributed by atoms with Crippen molar-refractivity contribution in [1.82, 2.24) is 15.2 Å².